The van der Waals surface area contributed by atoms with Gasteiger partial charge in [0.15, 0.2) is 0 Å². The Balaban J connectivity index is 1.64. The Morgan fingerprint density at radius 3 is 2.60 bits per heavy atom. The number of rotatable bonds is 4. The average molecular weight is 272 g/mol. The molecule has 0 bridgehead atoms. The molecule has 5 nitrogen and oxygen atoms in total. The molecule has 0 saturated carbocycles. The van der Waals surface area contributed by atoms with E-state index in [1.165, 1.54) is 5.56 Å². The molecule has 1 aliphatic rings. The van der Waals surface area contributed by atoms with Gasteiger partial charge in [-0.05, 0) is 24.6 Å². The molecule has 1 aromatic carbocycles. The lowest BCUT2D eigenvalue weighted by atomic mass is 10.1. The van der Waals surface area contributed by atoms with Crippen LogP contribution in [0, 0.1) is 0 Å². The third-order valence-electron chi connectivity index (χ3n) is 3.58. The van der Waals surface area contributed by atoms with Crippen LogP contribution in [-0.4, -0.2) is 40.9 Å². The van der Waals surface area contributed by atoms with E-state index in [0.29, 0.717) is 6.04 Å². The van der Waals surface area contributed by atoms with Crippen molar-refractivity contribution >= 4 is 0 Å². The maximum absolute atomic E-state index is 5.35. The van der Waals surface area contributed by atoms with Crippen molar-refractivity contribution in [2.45, 2.75) is 13.0 Å². The van der Waals surface area contributed by atoms with Gasteiger partial charge in [0.25, 0.3) is 0 Å². The normalized spacial score (nSPS) is 18.1. The van der Waals surface area contributed by atoms with E-state index in [1.807, 2.05) is 17.1 Å². The summed E-state index contributed by atoms with van der Waals surface area (Å²) in [5.74, 6) is 0. The van der Waals surface area contributed by atoms with Crippen molar-refractivity contribution in [1.29, 1.82) is 0 Å². The second-order valence-electron chi connectivity index (χ2n) is 5.01. The predicted molar refractivity (Wildman–Crippen MR) is 77.5 cm³/mol. The van der Waals surface area contributed by atoms with Crippen LogP contribution in [0.2, 0.25) is 0 Å². The first-order chi connectivity index (χ1) is 9.83. The van der Waals surface area contributed by atoms with E-state index < -0.39 is 0 Å². The van der Waals surface area contributed by atoms with Gasteiger partial charge >= 0.3 is 0 Å². The third kappa shape index (κ3) is 3.07. The third-order valence-corrected chi connectivity index (χ3v) is 3.58. The number of aromatic nitrogens is 2. The number of benzene rings is 1. The highest BCUT2D eigenvalue weighted by Crippen LogP contribution is 2.16. The predicted octanol–water partition coefficient (Wildman–Crippen LogP) is 1.77. The average Bonchev–Trinajstić information content (AvgIpc) is 3.03. The fourth-order valence-corrected chi connectivity index (χ4v) is 2.39. The zero-order valence-corrected chi connectivity index (χ0v) is 11.7. The van der Waals surface area contributed by atoms with Gasteiger partial charge in [0.05, 0.1) is 19.5 Å². The summed E-state index contributed by atoms with van der Waals surface area (Å²) in [4.78, 5) is 4.07. The molecule has 0 spiro atoms. The summed E-state index contributed by atoms with van der Waals surface area (Å²) in [6.45, 7) is 5.68. The van der Waals surface area contributed by atoms with Crippen LogP contribution in [0.1, 0.15) is 18.5 Å². The van der Waals surface area contributed by atoms with Crippen LogP contribution >= 0.6 is 0 Å². The van der Waals surface area contributed by atoms with Crippen molar-refractivity contribution < 1.29 is 4.74 Å². The van der Waals surface area contributed by atoms with Crippen molar-refractivity contribution in [2.24, 2.45) is 0 Å². The molecule has 3 rings (SSSR count). The quantitative estimate of drug-likeness (QED) is 0.921. The number of hydrogen-bond donors (Lipinski definition) is 1. The topological polar surface area (TPSA) is 42.3 Å². The summed E-state index contributed by atoms with van der Waals surface area (Å²) in [6.07, 6.45) is 5.55. The van der Waals surface area contributed by atoms with E-state index in [1.54, 1.807) is 6.20 Å². The van der Waals surface area contributed by atoms with Crippen LogP contribution in [0.25, 0.3) is 5.69 Å². The molecule has 1 aliphatic heterocycles. The van der Waals surface area contributed by atoms with Crippen LogP contribution in [0.4, 0.5) is 0 Å². The molecule has 106 valence electrons. The molecule has 1 unspecified atom stereocenters. The van der Waals surface area contributed by atoms with Gasteiger partial charge in [-0.1, -0.05) is 12.1 Å². The number of nitrogens with zero attached hydrogens (tertiary/aromatic N) is 3. The van der Waals surface area contributed by atoms with E-state index >= 15 is 0 Å². The fourth-order valence-electron chi connectivity index (χ4n) is 2.39. The molecule has 5 heteroatoms. The molecule has 0 aliphatic carbocycles. The van der Waals surface area contributed by atoms with E-state index in [4.69, 9.17) is 4.74 Å². The minimum Gasteiger partial charge on any atom is -0.379 e. The Bertz CT molecular complexity index is 517. The monoisotopic (exact) mass is 272 g/mol. The van der Waals surface area contributed by atoms with Crippen molar-refractivity contribution in [2.75, 3.05) is 26.3 Å². The molecular formula is C15H20N4O. The molecule has 1 atom stereocenters. The lowest BCUT2D eigenvalue weighted by Gasteiger charge is -2.30. The zero-order chi connectivity index (χ0) is 13.8. The highest BCUT2D eigenvalue weighted by molar-refractivity contribution is 5.35. The lowest BCUT2D eigenvalue weighted by molar-refractivity contribution is 0.00484. The Hall–Kier alpha value is -1.69. The Labute approximate surface area is 119 Å². The number of morpholine rings is 1. The summed E-state index contributed by atoms with van der Waals surface area (Å²) >= 11 is 0. The van der Waals surface area contributed by atoms with Crippen LogP contribution in [0.3, 0.4) is 0 Å². The number of hydrazine groups is 1. The van der Waals surface area contributed by atoms with Gasteiger partial charge < -0.3 is 9.30 Å². The second-order valence-corrected chi connectivity index (χ2v) is 5.01. The van der Waals surface area contributed by atoms with E-state index in [2.05, 4.69) is 46.6 Å². The van der Waals surface area contributed by atoms with Gasteiger partial charge in [-0.2, -0.15) is 0 Å². The zero-order valence-electron chi connectivity index (χ0n) is 11.7. The Morgan fingerprint density at radius 2 is 1.95 bits per heavy atom. The summed E-state index contributed by atoms with van der Waals surface area (Å²) in [7, 11) is 0. The lowest BCUT2D eigenvalue weighted by Crippen LogP contribution is -2.46. The largest absolute Gasteiger partial charge is 0.379 e. The van der Waals surface area contributed by atoms with Crippen molar-refractivity contribution in [3.05, 3.63) is 48.5 Å². The molecule has 0 amide bonds. The number of nitrogens with one attached hydrogen (secondary N) is 1. The minimum absolute atomic E-state index is 0.296. The Kier molecular flexibility index (Phi) is 4.11. The first kappa shape index (κ1) is 13.3. The van der Waals surface area contributed by atoms with E-state index in [0.717, 1.165) is 32.0 Å². The smallest absolute Gasteiger partial charge is 0.0991 e. The SMILES string of the molecule is CC(NN1CCOCC1)c1ccc(-n2ccnc2)cc1. The van der Waals surface area contributed by atoms with Crippen molar-refractivity contribution in [3.8, 4) is 5.69 Å². The van der Waals surface area contributed by atoms with Gasteiger partial charge in [-0.3, -0.25) is 0 Å². The Morgan fingerprint density at radius 1 is 1.20 bits per heavy atom. The maximum atomic E-state index is 5.35. The van der Waals surface area contributed by atoms with Crippen molar-refractivity contribution in [1.82, 2.24) is 20.0 Å². The summed E-state index contributed by atoms with van der Waals surface area (Å²) in [5, 5.41) is 2.23. The minimum atomic E-state index is 0.296. The van der Waals surface area contributed by atoms with E-state index in [9.17, 15) is 0 Å². The van der Waals surface area contributed by atoms with Gasteiger partial charge in [0.1, 0.15) is 0 Å². The fraction of sp³-hybridized carbons (Fsp3) is 0.400. The highest BCUT2D eigenvalue weighted by Gasteiger charge is 2.13. The molecular weight excluding hydrogens is 252 g/mol. The van der Waals surface area contributed by atoms with Gasteiger partial charge in [-0.25, -0.2) is 15.4 Å². The molecule has 1 fully saturated rings. The van der Waals surface area contributed by atoms with Crippen LogP contribution < -0.4 is 5.43 Å². The molecule has 2 heterocycles. The maximum Gasteiger partial charge on any atom is 0.0991 e. The number of hydrogen-bond acceptors (Lipinski definition) is 4. The van der Waals surface area contributed by atoms with Crippen molar-refractivity contribution in [3.63, 3.8) is 0 Å². The summed E-state index contributed by atoms with van der Waals surface area (Å²) < 4.78 is 7.36. The molecule has 2 aromatic rings. The van der Waals surface area contributed by atoms with E-state index in [-0.39, 0.29) is 0 Å². The molecule has 1 N–H and O–H groups in total. The highest BCUT2D eigenvalue weighted by atomic mass is 16.5. The van der Waals surface area contributed by atoms with Crippen LogP contribution in [-0.2, 0) is 4.74 Å². The first-order valence-electron chi connectivity index (χ1n) is 7.00. The second kappa shape index (κ2) is 6.17. The van der Waals surface area contributed by atoms with Gasteiger partial charge in [0.2, 0.25) is 0 Å². The van der Waals surface area contributed by atoms with Gasteiger partial charge in [0, 0.05) is 37.2 Å². The summed E-state index contributed by atoms with van der Waals surface area (Å²) in [6, 6.07) is 8.86. The molecule has 1 saturated heterocycles. The molecule has 1 aromatic heterocycles. The molecule has 20 heavy (non-hydrogen) atoms. The first-order valence-corrected chi connectivity index (χ1v) is 7.00. The van der Waals surface area contributed by atoms with Gasteiger partial charge in [-0.15, -0.1) is 0 Å². The standard InChI is InChI=1S/C15H20N4O/c1-13(17-19-8-10-20-11-9-19)14-2-4-15(5-3-14)18-7-6-16-12-18/h2-7,12-13,17H,8-11H2,1H3. The molecule has 0 radical (unpaired) electrons. The van der Waals surface area contributed by atoms with Crippen LogP contribution in [0.5, 0.6) is 0 Å². The summed E-state index contributed by atoms with van der Waals surface area (Å²) in [5.41, 5.74) is 5.93. The number of ether oxygens (including phenoxy) is 1. The van der Waals surface area contributed by atoms with Crippen LogP contribution in [0.15, 0.2) is 43.0 Å². The number of imidazole rings is 1.